The van der Waals surface area contributed by atoms with E-state index in [9.17, 15) is 10.1 Å². The van der Waals surface area contributed by atoms with E-state index >= 15 is 0 Å². The predicted molar refractivity (Wildman–Crippen MR) is 104 cm³/mol. The fourth-order valence-corrected chi connectivity index (χ4v) is 4.09. The molecule has 2 aromatic rings. The quantitative estimate of drug-likeness (QED) is 0.727. The number of carbonyl (C=O) groups is 1. The van der Waals surface area contributed by atoms with E-state index in [2.05, 4.69) is 26.2 Å². The van der Waals surface area contributed by atoms with Gasteiger partial charge in [0.25, 0.3) is 0 Å². The number of aromatic nitrogens is 3. The zero-order valence-corrected chi connectivity index (χ0v) is 17.0. The first-order valence-corrected chi connectivity index (χ1v) is 10.5. The number of thiophene rings is 1. The Morgan fingerprint density at radius 1 is 1.46 bits per heavy atom. The Morgan fingerprint density at radius 3 is 2.73 bits per heavy atom. The lowest BCUT2D eigenvalue weighted by Gasteiger charge is -2.28. The average molecular weight is 390 g/mol. The van der Waals surface area contributed by atoms with E-state index in [4.69, 9.17) is 0 Å². The maximum atomic E-state index is 12.6. The summed E-state index contributed by atoms with van der Waals surface area (Å²) in [5.74, 6) is 0.742. The Bertz CT molecular complexity index is 819. The van der Waals surface area contributed by atoms with Gasteiger partial charge in [0, 0.05) is 6.04 Å². The summed E-state index contributed by atoms with van der Waals surface area (Å²) in [6, 6.07) is 6.68. The van der Waals surface area contributed by atoms with E-state index in [0.29, 0.717) is 6.04 Å². The summed E-state index contributed by atoms with van der Waals surface area (Å²) < 4.78 is 2.16. The van der Waals surface area contributed by atoms with Crippen molar-refractivity contribution >= 4 is 29.0 Å². The van der Waals surface area contributed by atoms with Crippen LogP contribution in [0.2, 0.25) is 0 Å². The molecule has 1 saturated carbocycles. The van der Waals surface area contributed by atoms with Gasteiger partial charge in [0.1, 0.15) is 5.54 Å². The number of nitriles is 1. The van der Waals surface area contributed by atoms with Gasteiger partial charge in [-0.15, -0.1) is 21.5 Å². The van der Waals surface area contributed by atoms with Gasteiger partial charge in [-0.2, -0.15) is 5.26 Å². The van der Waals surface area contributed by atoms with Crippen LogP contribution in [0, 0.1) is 17.2 Å². The molecular formula is C18H23N5OS2. The van der Waals surface area contributed by atoms with E-state index in [1.165, 1.54) is 11.8 Å². The Kier molecular flexibility index (Phi) is 5.39. The molecule has 6 nitrogen and oxygen atoms in total. The number of carbonyl (C=O) groups excluding carboxylic acids is 1. The third-order valence-corrected chi connectivity index (χ3v) is 6.66. The monoisotopic (exact) mass is 389 g/mol. The van der Waals surface area contributed by atoms with Crippen LogP contribution >= 0.6 is 23.1 Å². The summed E-state index contributed by atoms with van der Waals surface area (Å²) in [5.41, 5.74) is -0.877. The van der Waals surface area contributed by atoms with Crippen molar-refractivity contribution in [3.05, 3.63) is 17.5 Å². The highest BCUT2D eigenvalue weighted by molar-refractivity contribution is 8.00. The Balaban J connectivity index is 1.77. The molecule has 3 rings (SSSR count). The minimum absolute atomic E-state index is 0.0224. The second-order valence-corrected chi connectivity index (χ2v) is 9.36. The molecule has 1 aliphatic carbocycles. The van der Waals surface area contributed by atoms with E-state index in [0.717, 1.165) is 28.7 Å². The van der Waals surface area contributed by atoms with Gasteiger partial charge in [-0.1, -0.05) is 31.7 Å². The minimum atomic E-state index is -0.877. The molecule has 1 aliphatic rings. The highest BCUT2D eigenvalue weighted by atomic mass is 32.2. The molecule has 0 spiro atoms. The highest BCUT2D eigenvalue weighted by Gasteiger charge is 2.34. The number of hydrogen-bond acceptors (Lipinski definition) is 6. The minimum Gasteiger partial charge on any atom is -0.337 e. The number of hydrogen-bond donors (Lipinski definition) is 1. The van der Waals surface area contributed by atoms with Crippen LogP contribution in [-0.2, 0) is 4.79 Å². The van der Waals surface area contributed by atoms with Crippen molar-refractivity contribution in [2.45, 2.75) is 62.5 Å². The normalized spacial score (nSPS) is 17.5. The maximum Gasteiger partial charge on any atom is 0.234 e. The molecule has 1 amide bonds. The lowest BCUT2D eigenvalue weighted by atomic mass is 9.90. The summed E-state index contributed by atoms with van der Waals surface area (Å²) in [4.78, 5) is 13.7. The van der Waals surface area contributed by atoms with Crippen molar-refractivity contribution in [2.24, 2.45) is 5.92 Å². The number of nitrogens with zero attached hydrogens (tertiary/aromatic N) is 4. The van der Waals surface area contributed by atoms with Crippen molar-refractivity contribution in [1.29, 1.82) is 5.26 Å². The molecule has 0 aromatic carbocycles. The van der Waals surface area contributed by atoms with Crippen LogP contribution in [-0.4, -0.2) is 31.5 Å². The first-order chi connectivity index (χ1) is 12.4. The molecule has 0 bridgehead atoms. The molecule has 1 N–H and O–H groups in total. The van der Waals surface area contributed by atoms with E-state index in [1.54, 1.807) is 18.3 Å². The second kappa shape index (κ2) is 7.41. The summed E-state index contributed by atoms with van der Waals surface area (Å²) >= 11 is 3.04. The zero-order chi connectivity index (χ0) is 18.9. The molecule has 2 heterocycles. The molecule has 26 heavy (non-hydrogen) atoms. The van der Waals surface area contributed by atoms with Crippen molar-refractivity contribution in [1.82, 2.24) is 20.1 Å². The van der Waals surface area contributed by atoms with Crippen LogP contribution in [0.3, 0.4) is 0 Å². The fraction of sp³-hybridized carbons (Fsp3) is 0.556. The number of rotatable bonds is 7. The van der Waals surface area contributed by atoms with Gasteiger partial charge < -0.3 is 5.32 Å². The van der Waals surface area contributed by atoms with E-state index in [-0.39, 0.29) is 17.1 Å². The Morgan fingerprint density at radius 2 is 2.19 bits per heavy atom. The molecule has 138 valence electrons. The molecule has 0 aliphatic heterocycles. The first kappa shape index (κ1) is 18.9. The molecule has 0 unspecified atom stereocenters. The van der Waals surface area contributed by atoms with Crippen LogP contribution in [0.1, 0.15) is 46.6 Å². The lowest BCUT2D eigenvalue weighted by molar-refractivity contribution is -0.121. The Hall–Kier alpha value is -1.85. The third kappa shape index (κ3) is 3.79. The summed E-state index contributed by atoms with van der Waals surface area (Å²) in [6.07, 6.45) is 2.23. The molecular weight excluding hydrogens is 366 g/mol. The van der Waals surface area contributed by atoms with Gasteiger partial charge in [-0.25, -0.2) is 0 Å². The van der Waals surface area contributed by atoms with E-state index in [1.807, 2.05) is 38.3 Å². The average Bonchev–Trinajstić information content (AvgIpc) is 3.13. The van der Waals surface area contributed by atoms with Gasteiger partial charge in [-0.05, 0) is 44.1 Å². The van der Waals surface area contributed by atoms with Crippen LogP contribution in [0.15, 0.2) is 22.7 Å². The van der Waals surface area contributed by atoms with Crippen LogP contribution < -0.4 is 5.32 Å². The van der Waals surface area contributed by atoms with Crippen molar-refractivity contribution in [3.63, 3.8) is 0 Å². The molecule has 0 radical (unpaired) electrons. The lowest BCUT2D eigenvalue weighted by Crippen LogP contribution is -2.51. The zero-order valence-electron chi connectivity index (χ0n) is 15.4. The van der Waals surface area contributed by atoms with Gasteiger partial charge in [0.15, 0.2) is 11.0 Å². The summed E-state index contributed by atoms with van der Waals surface area (Å²) in [5, 5.41) is 23.4. The number of amides is 1. The Labute approximate surface area is 162 Å². The SMILES string of the molecule is CC(C)[C@](C)(C#N)NC(=O)[C@@H](C)Sc1nnc(-c2cccs2)n1C1CC1. The predicted octanol–water partition coefficient (Wildman–Crippen LogP) is 3.88. The second-order valence-electron chi connectivity index (χ2n) is 7.10. The fourth-order valence-electron chi connectivity index (χ4n) is 2.46. The van der Waals surface area contributed by atoms with Crippen molar-refractivity contribution in [2.75, 3.05) is 0 Å². The topological polar surface area (TPSA) is 83.6 Å². The number of nitrogens with one attached hydrogen (secondary N) is 1. The third-order valence-electron chi connectivity index (χ3n) is 4.74. The molecule has 2 atom stereocenters. The maximum absolute atomic E-state index is 12.6. The van der Waals surface area contributed by atoms with Crippen LogP contribution in [0.5, 0.6) is 0 Å². The first-order valence-electron chi connectivity index (χ1n) is 8.74. The molecule has 1 fully saturated rings. The van der Waals surface area contributed by atoms with Gasteiger partial charge in [0.05, 0.1) is 16.2 Å². The smallest absolute Gasteiger partial charge is 0.234 e. The van der Waals surface area contributed by atoms with Gasteiger partial charge >= 0.3 is 0 Å². The van der Waals surface area contributed by atoms with Crippen molar-refractivity contribution in [3.8, 4) is 16.8 Å². The van der Waals surface area contributed by atoms with E-state index < -0.39 is 5.54 Å². The van der Waals surface area contributed by atoms with Crippen molar-refractivity contribution < 1.29 is 4.79 Å². The number of thioether (sulfide) groups is 1. The molecule has 2 aromatic heterocycles. The largest absolute Gasteiger partial charge is 0.337 e. The molecule has 8 heteroatoms. The van der Waals surface area contributed by atoms with Crippen LogP contribution in [0.4, 0.5) is 0 Å². The molecule has 0 saturated heterocycles. The van der Waals surface area contributed by atoms with Gasteiger partial charge in [-0.3, -0.25) is 9.36 Å². The summed E-state index contributed by atoms with van der Waals surface area (Å²) in [7, 11) is 0. The summed E-state index contributed by atoms with van der Waals surface area (Å²) in [6.45, 7) is 7.46. The van der Waals surface area contributed by atoms with Crippen LogP contribution in [0.25, 0.3) is 10.7 Å². The van der Waals surface area contributed by atoms with Gasteiger partial charge in [0.2, 0.25) is 5.91 Å². The standard InChI is InChI=1S/C18H23N5OS2/c1-11(2)18(4,10-19)20-16(24)12(3)26-17-22-21-15(14-6-5-9-25-14)23(17)13-7-8-13/h5-6,9,11-13H,7-8H2,1-4H3,(H,20,24)/t12-,18+/m1/s1. The highest BCUT2D eigenvalue weighted by Crippen LogP contribution is 2.42.